The Bertz CT molecular complexity index is 1140. The number of para-hydroxylation sites is 1. The third-order valence-corrected chi connectivity index (χ3v) is 6.44. The highest BCUT2D eigenvalue weighted by atomic mass is 16.7. The van der Waals surface area contributed by atoms with Gasteiger partial charge in [0.1, 0.15) is 5.69 Å². The fourth-order valence-electron chi connectivity index (χ4n) is 4.49. The van der Waals surface area contributed by atoms with Crippen LogP contribution in [0.15, 0.2) is 47.0 Å². The average Bonchev–Trinajstić information content (AvgIpc) is 3.47. The molecule has 0 radical (unpaired) electrons. The van der Waals surface area contributed by atoms with Crippen LogP contribution in [0.2, 0.25) is 0 Å². The molecule has 34 heavy (non-hydrogen) atoms. The molecule has 2 aliphatic rings. The van der Waals surface area contributed by atoms with Crippen molar-refractivity contribution in [2.75, 3.05) is 39.6 Å². The number of carbonyl (C=O) groups excluding carboxylic acids is 1. The molecule has 1 atom stereocenters. The first-order valence-corrected chi connectivity index (χ1v) is 11.9. The van der Waals surface area contributed by atoms with Crippen molar-refractivity contribution in [3.8, 4) is 11.5 Å². The zero-order chi connectivity index (χ0) is 23.5. The van der Waals surface area contributed by atoms with Gasteiger partial charge in [0.05, 0.1) is 6.61 Å². The molecule has 5 rings (SSSR count). The number of benzene rings is 2. The number of piperazine rings is 1. The second-order valence-electron chi connectivity index (χ2n) is 9.32. The molecular weight excluding hydrogens is 434 g/mol. The lowest BCUT2D eigenvalue weighted by Crippen LogP contribution is -2.49. The fraction of sp³-hybridized carbons (Fsp3) is 0.462. The van der Waals surface area contributed by atoms with Gasteiger partial charge in [-0.3, -0.25) is 9.80 Å². The standard InChI is InChI=1S/C26H31N3O5/c1-18(2)9-14-31-26(30)25(24-20-5-3-4-6-21(20)34-27-24)29-12-10-28(11-13-29)16-19-7-8-22-23(15-19)33-17-32-22/h3-8,15,18,25H,9-14,16-17H2,1-2H3. The van der Waals surface area contributed by atoms with Crippen molar-refractivity contribution in [3.63, 3.8) is 0 Å². The first kappa shape index (κ1) is 22.7. The highest BCUT2D eigenvalue weighted by Gasteiger charge is 2.35. The van der Waals surface area contributed by atoms with E-state index in [2.05, 4.69) is 34.9 Å². The van der Waals surface area contributed by atoms with Gasteiger partial charge >= 0.3 is 5.97 Å². The minimum atomic E-state index is -0.580. The molecule has 1 unspecified atom stereocenters. The molecule has 0 spiro atoms. The van der Waals surface area contributed by atoms with E-state index in [0.717, 1.165) is 56.0 Å². The van der Waals surface area contributed by atoms with Gasteiger partial charge in [-0.25, -0.2) is 4.79 Å². The molecule has 3 heterocycles. The van der Waals surface area contributed by atoms with Gasteiger partial charge in [0, 0.05) is 38.1 Å². The molecule has 0 amide bonds. The summed E-state index contributed by atoms with van der Waals surface area (Å²) in [6.45, 7) is 8.88. The molecule has 8 heteroatoms. The molecule has 180 valence electrons. The van der Waals surface area contributed by atoms with Gasteiger partial charge in [-0.05, 0) is 42.2 Å². The van der Waals surface area contributed by atoms with Crippen LogP contribution < -0.4 is 9.47 Å². The van der Waals surface area contributed by atoms with Crippen LogP contribution in [0.1, 0.15) is 37.6 Å². The molecule has 3 aromatic rings. The van der Waals surface area contributed by atoms with Crippen LogP contribution in [0.25, 0.3) is 11.0 Å². The molecule has 1 saturated heterocycles. The SMILES string of the molecule is CC(C)CCOC(=O)C(c1noc2ccccc12)N1CCN(Cc2ccc3c(c2)OCO3)CC1. The Morgan fingerprint density at radius 3 is 2.68 bits per heavy atom. The van der Waals surface area contributed by atoms with E-state index in [9.17, 15) is 4.79 Å². The van der Waals surface area contributed by atoms with E-state index in [-0.39, 0.29) is 12.8 Å². The van der Waals surface area contributed by atoms with Crippen LogP contribution in [-0.2, 0) is 16.1 Å². The predicted octanol–water partition coefficient (Wildman–Crippen LogP) is 4.00. The predicted molar refractivity (Wildman–Crippen MR) is 127 cm³/mol. The topological polar surface area (TPSA) is 77.3 Å². The lowest BCUT2D eigenvalue weighted by atomic mass is 10.1. The summed E-state index contributed by atoms with van der Waals surface area (Å²) in [6, 6.07) is 13.2. The molecular formula is C26H31N3O5. The summed E-state index contributed by atoms with van der Waals surface area (Å²) in [5, 5.41) is 5.16. The van der Waals surface area contributed by atoms with E-state index < -0.39 is 6.04 Å². The molecule has 0 saturated carbocycles. The molecule has 2 aromatic carbocycles. The Kier molecular flexibility index (Phi) is 6.69. The number of aromatic nitrogens is 1. The molecule has 1 fully saturated rings. The Hall–Kier alpha value is -3.10. The van der Waals surface area contributed by atoms with E-state index in [1.54, 1.807) is 0 Å². The monoisotopic (exact) mass is 465 g/mol. The Labute approximate surface area is 199 Å². The second-order valence-corrected chi connectivity index (χ2v) is 9.32. The van der Waals surface area contributed by atoms with E-state index in [4.69, 9.17) is 18.7 Å². The van der Waals surface area contributed by atoms with Crippen LogP contribution in [0, 0.1) is 5.92 Å². The number of fused-ring (bicyclic) bond motifs is 2. The Morgan fingerprint density at radius 2 is 1.85 bits per heavy atom. The van der Waals surface area contributed by atoms with Gasteiger partial charge in [0.25, 0.3) is 0 Å². The smallest absolute Gasteiger partial charge is 0.329 e. The number of hydrogen-bond donors (Lipinski definition) is 0. The zero-order valence-electron chi connectivity index (χ0n) is 19.7. The van der Waals surface area contributed by atoms with Gasteiger partial charge in [-0.2, -0.15) is 0 Å². The van der Waals surface area contributed by atoms with E-state index >= 15 is 0 Å². The number of ether oxygens (including phenoxy) is 3. The Balaban J connectivity index is 1.28. The maximum atomic E-state index is 13.3. The van der Waals surface area contributed by atoms with Crippen molar-refractivity contribution in [1.29, 1.82) is 0 Å². The van der Waals surface area contributed by atoms with Crippen molar-refractivity contribution < 1.29 is 23.5 Å². The second kappa shape index (κ2) is 10.0. The highest BCUT2D eigenvalue weighted by Crippen LogP contribution is 2.33. The third kappa shape index (κ3) is 4.88. The zero-order valence-corrected chi connectivity index (χ0v) is 19.7. The summed E-state index contributed by atoms with van der Waals surface area (Å²) in [4.78, 5) is 17.8. The summed E-state index contributed by atoms with van der Waals surface area (Å²) in [5.41, 5.74) is 2.50. The van der Waals surface area contributed by atoms with Crippen LogP contribution in [0.4, 0.5) is 0 Å². The van der Waals surface area contributed by atoms with E-state index in [1.165, 1.54) is 5.56 Å². The van der Waals surface area contributed by atoms with Gasteiger partial charge < -0.3 is 18.7 Å². The lowest BCUT2D eigenvalue weighted by Gasteiger charge is -2.37. The average molecular weight is 466 g/mol. The molecule has 0 aliphatic carbocycles. The number of esters is 1. The van der Waals surface area contributed by atoms with E-state index in [0.29, 0.717) is 23.8 Å². The van der Waals surface area contributed by atoms with Crippen LogP contribution in [0.5, 0.6) is 11.5 Å². The first-order chi connectivity index (χ1) is 16.6. The third-order valence-electron chi connectivity index (χ3n) is 6.44. The lowest BCUT2D eigenvalue weighted by molar-refractivity contribution is -0.151. The molecule has 0 N–H and O–H groups in total. The normalized spacial score (nSPS) is 17.4. The highest BCUT2D eigenvalue weighted by molar-refractivity contribution is 5.86. The van der Waals surface area contributed by atoms with Gasteiger partial charge in [-0.1, -0.05) is 37.2 Å². The minimum absolute atomic E-state index is 0.260. The number of rotatable bonds is 8. The number of nitrogens with zero attached hydrogens (tertiary/aromatic N) is 3. The van der Waals surface area contributed by atoms with Crippen LogP contribution >= 0.6 is 0 Å². The van der Waals surface area contributed by atoms with Crippen molar-refractivity contribution in [2.24, 2.45) is 5.92 Å². The van der Waals surface area contributed by atoms with Crippen molar-refractivity contribution >= 4 is 16.9 Å². The van der Waals surface area contributed by atoms with E-state index in [1.807, 2.05) is 36.4 Å². The van der Waals surface area contributed by atoms with Gasteiger partial charge in [-0.15, -0.1) is 0 Å². The summed E-state index contributed by atoms with van der Waals surface area (Å²) >= 11 is 0. The van der Waals surface area contributed by atoms with Crippen molar-refractivity contribution in [3.05, 3.63) is 53.7 Å². The largest absolute Gasteiger partial charge is 0.464 e. The minimum Gasteiger partial charge on any atom is -0.464 e. The summed E-state index contributed by atoms with van der Waals surface area (Å²) in [7, 11) is 0. The van der Waals surface area contributed by atoms with Gasteiger partial charge in [0.2, 0.25) is 6.79 Å². The van der Waals surface area contributed by atoms with Crippen molar-refractivity contribution in [1.82, 2.24) is 15.0 Å². The quantitative estimate of drug-likeness (QED) is 0.462. The fourth-order valence-corrected chi connectivity index (χ4v) is 4.49. The van der Waals surface area contributed by atoms with Crippen LogP contribution in [0.3, 0.4) is 0 Å². The number of carbonyl (C=O) groups is 1. The maximum Gasteiger partial charge on any atom is 0.329 e. The summed E-state index contributed by atoms with van der Waals surface area (Å²) in [6.07, 6.45) is 0.835. The van der Waals surface area contributed by atoms with Gasteiger partial charge in [0.15, 0.2) is 23.1 Å². The summed E-state index contributed by atoms with van der Waals surface area (Å²) in [5.74, 6) is 1.81. The Morgan fingerprint density at radius 1 is 1.06 bits per heavy atom. The summed E-state index contributed by atoms with van der Waals surface area (Å²) < 4.78 is 22.2. The molecule has 2 aliphatic heterocycles. The maximum absolute atomic E-state index is 13.3. The molecule has 0 bridgehead atoms. The molecule has 8 nitrogen and oxygen atoms in total. The van der Waals surface area contributed by atoms with Crippen molar-refractivity contribution in [2.45, 2.75) is 32.9 Å². The number of hydrogen-bond acceptors (Lipinski definition) is 8. The molecule has 1 aromatic heterocycles. The van der Waals surface area contributed by atoms with Crippen LogP contribution in [-0.4, -0.2) is 60.5 Å². The first-order valence-electron chi connectivity index (χ1n) is 11.9.